The SMILES string of the molecule is CC(=O)c1ccc(CC(=O)NCCCC(=O)O)cc1. The lowest BCUT2D eigenvalue weighted by molar-refractivity contribution is -0.137. The van der Waals surface area contributed by atoms with Crippen molar-refractivity contribution < 1.29 is 19.5 Å². The minimum Gasteiger partial charge on any atom is -0.481 e. The molecule has 0 spiro atoms. The maximum atomic E-state index is 11.6. The van der Waals surface area contributed by atoms with E-state index in [1.807, 2.05) is 0 Å². The Hall–Kier alpha value is -2.17. The number of carboxylic acids is 1. The molecule has 1 aromatic carbocycles. The fourth-order valence-electron chi connectivity index (χ4n) is 1.57. The van der Waals surface area contributed by atoms with Gasteiger partial charge in [-0.25, -0.2) is 0 Å². The molecule has 5 heteroatoms. The van der Waals surface area contributed by atoms with Crippen LogP contribution in [0.2, 0.25) is 0 Å². The molecule has 102 valence electrons. The molecule has 0 radical (unpaired) electrons. The van der Waals surface area contributed by atoms with Gasteiger partial charge in [0.05, 0.1) is 6.42 Å². The number of hydrogen-bond acceptors (Lipinski definition) is 3. The number of nitrogens with one attached hydrogen (secondary N) is 1. The molecule has 0 fully saturated rings. The van der Waals surface area contributed by atoms with Crippen LogP contribution in [0.15, 0.2) is 24.3 Å². The van der Waals surface area contributed by atoms with Crippen molar-refractivity contribution >= 4 is 17.7 Å². The maximum Gasteiger partial charge on any atom is 0.303 e. The summed E-state index contributed by atoms with van der Waals surface area (Å²) < 4.78 is 0. The van der Waals surface area contributed by atoms with Crippen LogP contribution in [0.25, 0.3) is 0 Å². The van der Waals surface area contributed by atoms with Crippen LogP contribution in [0.4, 0.5) is 0 Å². The molecule has 0 unspecified atom stereocenters. The third kappa shape index (κ3) is 5.81. The Morgan fingerprint density at radius 3 is 2.32 bits per heavy atom. The van der Waals surface area contributed by atoms with Crippen molar-refractivity contribution in [3.8, 4) is 0 Å². The number of Topliss-reactive ketones (excluding diaryl/α,β-unsaturated/α-hetero) is 1. The van der Waals surface area contributed by atoms with Gasteiger partial charge < -0.3 is 10.4 Å². The molecule has 0 aliphatic carbocycles. The van der Waals surface area contributed by atoms with Gasteiger partial charge in [0, 0.05) is 18.5 Å². The summed E-state index contributed by atoms with van der Waals surface area (Å²) in [6, 6.07) is 6.87. The monoisotopic (exact) mass is 263 g/mol. The van der Waals surface area contributed by atoms with Crippen LogP contribution in [0.5, 0.6) is 0 Å². The van der Waals surface area contributed by atoms with E-state index in [1.165, 1.54) is 6.92 Å². The first-order valence-electron chi connectivity index (χ1n) is 6.07. The van der Waals surface area contributed by atoms with Gasteiger partial charge in [0.2, 0.25) is 5.91 Å². The van der Waals surface area contributed by atoms with Crippen molar-refractivity contribution in [1.29, 1.82) is 0 Å². The summed E-state index contributed by atoms with van der Waals surface area (Å²) in [6.07, 6.45) is 0.698. The lowest BCUT2D eigenvalue weighted by Crippen LogP contribution is -2.26. The summed E-state index contributed by atoms with van der Waals surface area (Å²) in [7, 11) is 0. The third-order valence-electron chi connectivity index (χ3n) is 2.61. The molecule has 0 aromatic heterocycles. The van der Waals surface area contributed by atoms with Gasteiger partial charge in [-0.2, -0.15) is 0 Å². The zero-order chi connectivity index (χ0) is 14.3. The molecule has 0 atom stereocenters. The van der Waals surface area contributed by atoms with E-state index in [0.29, 0.717) is 18.5 Å². The first-order chi connectivity index (χ1) is 8.99. The average Bonchev–Trinajstić information content (AvgIpc) is 2.35. The number of ketones is 1. The molecule has 0 aliphatic rings. The van der Waals surface area contributed by atoms with Gasteiger partial charge in [-0.3, -0.25) is 14.4 Å². The topological polar surface area (TPSA) is 83.5 Å². The van der Waals surface area contributed by atoms with E-state index in [-0.39, 0.29) is 24.5 Å². The van der Waals surface area contributed by atoms with E-state index in [4.69, 9.17) is 5.11 Å². The number of benzene rings is 1. The smallest absolute Gasteiger partial charge is 0.303 e. The summed E-state index contributed by atoms with van der Waals surface area (Å²) in [4.78, 5) is 32.9. The highest BCUT2D eigenvalue weighted by molar-refractivity contribution is 5.94. The summed E-state index contributed by atoms with van der Waals surface area (Å²) in [5.74, 6) is -1.03. The Balaban J connectivity index is 2.35. The number of carbonyl (C=O) groups is 3. The molecule has 5 nitrogen and oxygen atoms in total. The Kier molecular flexibility index (Phi) is 5.73. The molecule has 0 heterocycles. The Morgan fingerprint density at radius 1 is 1.16 bits per heavy atom. The highest BCUT2D eigenvalue weighted by Gasteiger charge is 2.05. The van der Waals surface area contributed by atoms with Gasteiger partial charge in [-0.15, -0.1) is 0 Å². The van der Waals surface area contributed by atoms with Crippen molar-refractivity contribution in [1.82, 2.24) is 5.32 Å². The Morgan fingerprint density at radius 2 is 1.79 bits per heavy atom. The number of rotatable bonds is 7. The van der Waals surface area contributed by atoms with Crippen molar-refractivity contribution in [2.24, 2.45) is 0 Å². The van der Waals surface area contributed by atoms with Crippen LogP contribution in [0.3, 0.4) is 0 Å². The predicted octanol–water partition coefficient (Wildman–Crippen LogP) is 1.41. The van der Waals surface area contributed by atoms with E-state index in [1.54, 1.807) is 24.3 Å². The molecule has 0 saturated carbocycles. The van der Waals surface area contributed by atoms with Crippen molar-refractivity contribution in [2.75, 3.05) is 6.54 Å². The van der Waals surface area contributed by atoms with Crippen molar-refractivity contribution in [3.05, 3.63) is 35.4 Å². The molecule has 1 amide bonds. The largest absolute Gasteiger partial charge is 0.481 e. The molecule has 2 N–H and O–H groups in total. The summed E-state index contributed by atoms with van der Waals surface area (Å²) in [5, 5.41) is 11.1. The fourth-order valence-corrected chi connectivity index (χ4v) is 1.57. The summed E-state index contributed by atoms with van der Waals surface area (Å²) in [5.41, 5.74) is 1.44. The number of amides is 1. The highest BCUT2D eigenvalue weighted by Crippen LogP contribution is 2.05. The second-order valence-corrected chi connectivity index (χ2v) is 4.28. The third-order valence-corrected chi connectivity index (χ3v) is 2.61. The molecule has 0 aliphatic heterocycles. The van der Waals surface area contributed by atoms with Crippen LogP contribution < -0.4 is 5.32 Å². The first-order valence-corrected chi connectivity index (χ1v) is 6.07. The highest BCUT2D eigenvalue weighted by atomic mass is 16.4. The standard InChI is InChI=1S/C14H17NO4/c1-10(16)12-6-4-11(5-7-12)9-13(17)15-8-2-3-14(18)19/h4-7H,2-3,8-9H2,1H3,(H,15,17)(H,18,19). The Bertz CT molecular complexity index is 465. The van der Waals surface area contributed by atoms with E-state index in [9.17, 15) is 14.4 Å². The van der Waals surface area contributed by atoms with Gasteiger partial charge in [-0.1, -0.05) is 24.3 Å². The van der Waals surface area contributed by atoms with Crippen LogP contribution in [-0.4, -0.2) is 29.3 Å². The summed E-state index contributed by atoms with van der Waals surface area (Å²) >= 11 is 0. The second-order valence-electron chi connectivity index (χ2n) is 4.28. The zero-order valence-electron chi connectivity index (χ0n) is 10.8. The van der Waals surface area contributed by atoms with Gasteiger partial charge in [0.25, 0.3) is 0 Å². The lowest BCUT2D eigenvalue weighted by Gasteiger charge is -2.05. The molecular weight excluding hydrogens is 246 g/mol. The van der Waals surface area contributed by atoms with Gasteiger partial charge in [-0.05, 0) is 18.9 Å². The number of carbonyl (C=O) groups excluding carboxylic acids is 2. The Labute approximate surface area is 111 Å². The molecule has 0 saturated heterocycles. The van der Waals surface area contributed by atoms with Crippen molar-refractivity contribution in [2.45, 2.75) is 26.2 Å². The van der Waals surface area contributed by atoms with Gasteiger partial charge in [0.1, 0.15) is 0 Å². The lowest BCUT2D eigenvalue weighted by atomic mass is 10.1. The van der Waals surface area contributed by atoms with E-state index in [2.05, 4.69) is 5.32 Å². The first kappa shape index (κ1) is 14.9. The van der Waals surface area contributed by atoms with Crippen LogP contribution in [0, 0.1) is 0 Å². The van der Waals surface area contributed by atoms with Gasteiger partial charge in [0.15, 0.2) is 5.78 Å². The van der Waals surface area contributed by atoms with Gasteiger partial charge >= 0.3 is 5.97 Å². The molecule has 1 aromatic rings. The summed E-state index contributed by atoms with van der Waals surface area (Å²) in [6.45, 7) is 1.85. The maximum absolute atomic E-state index is 11.6. The quantitative estimate of drug-likeness (QED) is 0.575. The predicted molar refractivity (Wildman–Crippen MR) is 70.0 cm³/mol. The molecule has 1 rings (SSSR count). The zero-order valence-corrected chi connectivity index (χ0v) is 10.8. The molecule has 0 bridgehead atoms. The van der Waals surface area contributed by atoms with E-state index < -0.39 is 5.97 Å². The van der Waals surface area contributed by atoms with Crippen LogP contribution in [-0.2, 0) is 16.0 Å². The average molecular weight is 263 g/mol. The minimum absolute atomic E-state index is 0.00956. The van der Waals surface area contributed by atoms with E-state index >= 15 is 0 Å². The minimum atomic E-state index is -0.867. The normalized spacial score (nSPS) is 9.95. The molecular formula is C14H17NO4. The number of aliphatic carboxylic acids is 1. The molecule has 19 heavy (non-hydrogen) atoms. The number of hydrogen-bond donors (Lipinski definition) is 2. The van der Waals surface area contributed by atoms with E-state index in [0.717, 1.165) is 5.56 Å². The second kappa shape index (κ2) is 7.31. The fraction of sp³-hybridized carbons (Fsp3) is 0.357. The van der Waals surface area contributed by atoms with Crippen molar-refractivity contribution in [3.63, 3.8) is 0 Å². The number of carboxylic acid groups (broad SMARTS) is 1. The van der Waals surface area contributed by atoms with Crippen LogP contribution in [0.1, 0.15) is 35.7 Å². The van der Waals surface area contributed by atoms with Crippen LogP contribution >= 0.6 is 0 Å².